The SMILES string of the molecule is Oc1cc(Cl)cnc1-c1ccccc1F. The highest BCUT2D eigenvalue weighted by Gasteiger charge is 2.10. The molecular weight excluding hydrogens is 217 g/mol. The number of aromatic nitrogens is 1. The summed E-state index contributed by atoms with van der Waals surface area (Å²) in [6, 6.07) is 7.44. The Balaban J connectivity index is 2.60. The molecule has 0 aliphatic rings. The third kappa shape index (κ3) is 1.92. The van der Waals surface area contributed by atoms with Crippen LogP contribution in [0.25, 0.3) is 11.3 Å². The van der Waals surface area contributed by atoms with Crippen LogP contribution >= 0.6 is 11.6 Å². The second-order valence-electron chi connectivity index (χ2n) is 3.00. The fourth-order valence-corrected chi connectivity index (χ4v) is 1.44. The quantitative estimate of drug-likeness (QED) is 0.805. The van der Waals surface area contributed by atoms with Gasteiger partial charge in [-0.1, -0.05) is 23.7 Å². The van der Waals surface area contributed by atoms with Crippen LogP contribution in [0.5, 0.6) is 5.75 Å². The monoisotopic (exact) mass is 223 g/mol. The zero-order valence-corrected chi connectivity index (χ0v) is 8.37. The summed E-state index contributed by atoms with van der Waals surface area (Å²) in [5.74, 6) is -0.560. The van der Waals surface area contributed by atoms with Gasteiger partial charge in [0.2, 0.25) is 0 Å². The zero-order chi connectivity index (χ0) is 10.8. The number of hydrogen-bond acceptors (Lipinski definition) is 2. The summed E-state index contributed by atoms with van der Waals surface area (Å²) in [6.07, 6.45) is 1.36. The molecule has 2 aromatic rings. The van der Waals surface area contributed by atoms with Gasteiger partial charge in [-0.15, -0.1) is 0 Å². The van der Waals surface area contributed by atoms with Gasteiger partial charge in [-0.05, 0) is 12.1 Å². The van der Waals surface area contributed by atoms with Gasteiger partial charge >= 0.3 is 0 Å². The molecule has 15 heavy (non-hydrogen) atoms. The highest BCUT2D eigenvalue weighted by molar-refractivity contribution is 6.30. The van der Waals surface area contributed by atoms with Crippen LogP contribution in [-0.4, -0.2) is 10.1 Å². The minimum Gasteiger partial charge on any atom is -0.506 e. The minimum absolute atomic E-state index is 0.132. The molecule has 1 aromatic carbocycles. The van der Waals surface area contributed by atoms with E-state index in [0.29, 0.717) is 5.02 Å². The first kappa shape index (κ1) is 9.93. The molecule has 1 N–H and O–H groups in total. The predicted octanol–water partition coefficient (Wildman–Crippen LogP) is 3.25. The summed E-state index contributed by atoms with van der Waals surface area (Å²) >= 11 is 5.63. The van der Waals surface area contributed by atoms with Gasteiger partial charge in [-0.25, -0.2) is 4.39 Å². The van der Waals surface area contributed by atoms with E-state index in [-0.39, 0.29) is 17.0 Å². The molecular formula is C11H7ClFNO. The molecule has 0 spiro atoms. The number of hydrogen-bond donors (Lipinski definition) is 1. The Morgan fingerprint density at radius 3 is 2.67 bits per heavy atom. The van der Waals surface area contributed by atoms with Crippen molar-refractivity contribution >= 4 is 11.6 Å². The summed E-state index contributed by atoms with van der Waals surface area (Å²) < 4.78 is 13.4. The Labute approximate surface area is 91.0 Å². The topological polar surface area (TPSA) is 33.1 Å². The number of pyridine rings is 1. The third-order valence-corrected chi connectivity index (χ3v) is 2.17. The Kier molecular flexibility index (Phi) is 2.56. The second kappa shape index (κ2) is 3.87. The Morgan fingerprint density at radius 1 is 1.27 bits per heavy atom. The average Bonchev–Trinajstić information content (AvgIpc) is 2.20. The number of rotatable bonds is 1. The highest BCUT2D eigenvalue weighted by Crippen LogP contribution is 2.30. The summed E-state index contributed by atoms with van der Waals surface area (Å²) in [6.45, 7) is 0. The molecule has 2 rings (SSSR count). The Hall–Kier alpha value is -1.61. The molecule has 0 saturated carbocycles. The van der Waals surface area contributed by atoms with Crippen molar-refractivity contribution < 1.29 is 9.50 Å². The molecule has 0 aliphatic heterocycles. The van der Waals surface area contributed by atoms with Crippen LogP contribution in [-0.2, 0) is 0 Å². The molecule has 0 bridgehead atoms. The predicted molar refractivity (Wildman–Crippen MR) is 56.3 cm³/mol. The number of halogens is 2. The van der Waals surface area contributed by atoms with Gasteiger partial charge in [0, 0.05) is 17.8 Å². The lowest BCUT2D eigenvalue weighted by atomic mass is 10.1. The van der Waals surface area contributed by atoms with Crippen LogP contribution in [0.3, 0.4) is 0 Å². The third-order valence-electron chi connectivity index (χ3n) is 1.96. The van der Waals surface area contributed by atoms with Gasteiger partial charge in [0.1, 0.15) is 17.3 Å². The molecule has 1 aromatic heterocycles. The van der Waals surface area contributed by atoms with E-state index >= 15 is 0 Å². The molecule has 0 atom stereocenters. The van der Waals surface area contributed by atoms with Crippen LogP contribution in [0, 0.1) is 5.82 Å². The second-order valence-corrected chi connectivity index (χ2v) is 3.44. The molecule has 0 radical (unpaired) electrons. The van der Waals surface area contributed by atoms with Gasteiger partial charge in [0.25, 0.3) is 0 Å². The summed E-state index contributed by atoms with van der Waals surface area (Å²) in [5, 5.41) is 9.87. The van der Waals surface area contributed by atoms with Crippen molar-refractivity contribution in [3.8, 4) is 17.0 Å². The van der Waals surface area contributed by atoms with E-state index in [1.165, 1.54) is 18.3 Å². The van der Waals surface area contributed by atoms with E-state index in [9.17, 15) is 9.50 Å². The fourth-order valence-electron chi connectivity index (χ4n) is 1.29. The average molecular weight is 224 g/mol. The van der Waals surface area contributed by atoms with Crippen molar-refractivity contribution in [2.45, 2.75) is 0 Å². The van der Waals surface area contributed by atoms with Gasteiger partial charge in [-0.3, -0.25) is 4.98 Å². The largest absolute Gasteiger partial charge is 0.506 e. The van der Waals surface area contributed by atoms with Crippen LogP contribution < -0.4 is 0 Å². The normalized spacial score (nSPS) is 10.3. The number of aromatic hydroxyl groups is 1. The van der Waals surface area contributed by atoms with E-state index in [1.54, 1.807) is 18.2 Å². The van der Waals surface area contributed by atoms with Crippen molar-refractivity contribution in [1.82, 2.24) is 4.98 Å². The zero-order valence-electron chi connectivity index (χ0n) is 7.61. The molecule has 1 heterocycles. The van der Waals surface area contributed by atoms with Crippen molar-refractivity contribution in [3.05, 3.63) is 47.4 Å². The Bertz CT molecular complexity index is 502. The van der Waals surface area contributed by atoms with Crippen LogP contribution in [0.15, 0.2) is 36.5 Å². The van der Waals surface area contributed by atoms with Gasteiger partial charge < -0.3 is 5.11 Å². The van der Waals surface area contributed by atoms with Gasteiger partial charge in [0.05, 0.1) is 5.02 Å². The maximum atomic E-state index is 13.4. The smallest absolute Gasteiger partial charge is 0.143 e. The molecule has 0 aliphatic carbocycles. The molecule has 0 amide bonds. The van der Waals surface area contributed by atoms with Gasteiger partial charge in [0.15, 0.2) is 0 Å². The summed E-state index contributed by atoms with van der Waals surface area (Å²) in [4.78, 5) is 3.89. The standard InChI is InChI=1S/C11H7ClFNO/c12-7-5-10(15)11(14-6-7)8-3-1-2-4-9(8)13/h1-6,15H. The minimum atomic E-state index is -0.428. The molecule has 0 unspecified atom stereocenters. The lowest BCUT2D eigenvalue weighted by Gasteiger charge is -2.04. The molecule has 0 saturated heterocycles. The van der Waals surface area contributed by atoms with E-state index in [4.69, 9.17) is 11.6 Å². The van der Waals surface area contributed by atoms with E-state index < -0.39 is 5.82 Å². The first-order valence-electron chi connectivity index (χ1n) is 4.28. The fraction of sp³-hybridized carbons (Fsp3) is 0. The van der Waals surface area contributed by atoms with Crippen molar-refractivity contribution in [2.75, 3.05) is 0 Å². The molecule has 76 valence electrons. The number of benzene rings is 1. The van der Waals surface area contributed by atoms with E-state index in [1.807, 2.05) is 0 Å². The van der Waals surface area contributed by atoms with Crippen molar-refractivity contribution in [1.29, 1.82) is 0 Å². The maximum absolute atomic E-state index is 13.4. The Morgan fingerprint density at radius 2 is 2.00 bits per heavy atom. The lowest BCUT2D eigenvalue weighted by Crippen LogP contribution is -1.88. The van der Waals surface area contributed by atoms with Crippen LogP contribution in [0.2, 0.25) is 5.02 Å². The molecule has 4 heteroatoms. The van der Waals surface area contributed by atoms with Crippen molar-refractivity contribution in [2.24, 2.45) is 0 Å². The van der Waals surface area contributed by atoms with Crippen molar-refractivity contribution in [3.63, 3.8) is 0 Å². The molecule has 0 fully saturated rings. The van der Waals surface area contributed by atoms with Crippen LogP contribution in [0.4, 0.5) is 4.39 Å². The summed E-state index contributed by atoms with van der Waals surface area (Å²) in [7, 11) is 0. The van der Waals surface area contributed by atoms with E-state index in [0.717, 1.165) is 0 Å². The van der Waals surface area contributed by atoms with Gasteiger partial charge in [-0.2, -0.15) is 0 Å². The maximum Gasteiger partial charge on any atom is 0.143 e. The van der Waals surface area contributed by atoms with E-state index in [2.05, 4.69) is 4.98 Å². The first-order valence-corrected chi connectivity index (χ1v) is 4.65. The summed E-state index contributed by atoms with van der Waals surface area (Å²) in [5.41, 5.74) is 0.448. The molecule has 2 nitrogen and oxygen atoms in total. The first-order chi connectivity index (χ1) is 7.18. The van der Waals surface area contributed by atoms with Crippen LogP contribution in [0.1, 0.15) is 0 Å². The lowest BCUT2D eigenvalue weighted by molar-refractivity contribution is 0.474. The number of nitrogens with zero attached hydrogens (tertiary/aromatic N) is 1. The highest BCUT2D eigenvalue weighted by atomic mass is 35.5.